The van der Waals surface area contributed by atoms with Crippen LogP contribution in [0.3, 0.4) is 0 Å². The number of piperidine rings is 1. The second kappa shape index (κ2) is 19.5. The quantitative estimate of drug-likeness (QED) is 0.0753. The van der Waals surface area contributed by atoms with Gasteiger partial charge in [0, 0.05) is 18.0 Å². The molecule has 56 heavy (non-hydrogen) atoms. The summed E-state index contributed by atoms with van der Waals surface area (Å²) in [6.45, 7) is 12.4. The number of hydrogen-bond donors (Lipinski definition) is 4. The zero-order valence-corrected chi connectivity index (χ0v) is 37.5. The number of aliphatic hydroxyl groups is 1. The molecule has 5 heterocycles. The van der Waals surface area contributed by atoms with Crippen LogP contribution in [0.25, 0.3) is 0 Å². The van der Waals surface area contributed by atoms with E-state index in [0.29, 0.717) is 80.6 Å². The van der Waals surface area contributed by atoms with Gasteiger partial charge in [0.15, 0.2) is 0 Å². The monoisotopic (exact) mass is 980 g/mol. The molecule has 6 rings (SSSR count). The summed E-state index contributed by atoms with van der Waals surface area (Å²) in [5, 5.41) is 31.5. The first-order chi connectivity index (χ1) is 26.8. The third-order valence-corrected chi connectivity index (χ3v) is 11.7. The van der Waals surface area contributed by atoms with Gasteiger partial charge in [-0.15, -0.1) is 0 Å². The second-order valence-corrected chi connectivity index (χ2v) is 17.2. The topological polar surface area (TPSA) is 184 Å². The molecule has 3 unspecified atom stereocenters. The van der Waals surface area contributed by atoms with Crippen LogP contribution in [0.1, 0.15) is 87.3 Å². The van der Waals surface area contributed by atoms with Crippen LogP contribution in [0.5, 0.6) is 0 Å². The van der Waals surface area contributed by atoms with Gasteiger partial charge in [-0.3, -0.25) is 4.79 Å². The molecule has 2 aliphatic heterocycles. The fourth-order valence-electron chi connectivity index (χ4n) is 6.86. The van der Waals surface area contributed by atoms with E-state index < -0.39 is 0 Å². The van der Waals surface area contributed by atoms with Gasteiger partial charge in [0.05, 0.1) is 5.69 Å². The van der Waals surface area contributed by atoms with Gasteiger partial charge in [-0.25, -0.2) is 0 Å². The van der Waals surface area contributed by atoms with Crippen LogP contribution in [-0.4, -0.2) is 112 Å². The molecule has 0 amide bonds. The Morgan fingerprint density at radius 1 is 1.23 bits per heavy atom. The molecule has 1 aromatic carbocycles. The van der Waals surface area contributed by atoms with E-state index in [1.807, 2.05) is 71.1 Å². The SMILES string of the molecule is CC(C)(C)OC=O.CNCC1(c2cc(C)on2)CCN(c2nc(NC3CCCCO3)c(C(=N)c3ccnc(N=[C]([Pb])c4ccccc4)c3Cl)nc2CO)CC1C. The fraction of sp³-hybridized carbons (Fsp3) is 0.475. The Bertz CT molecular complexity index is 1980. The number of halogens is 1. The number of aliphatic hydroxyl groups excluding tert-OH is 1. The number of anilines is 2. The van der Waals surface area contributed by atoms with Crippen molar-refractivity contribution in [1.82, 2.24) is 25.4 Å². The van der Waals surface area contributed by atoms with Crippen molar-refractivity contribution in [3.05, 3.63) is 87.7 Å². The summed E-state index contributed by atoms with van der Waals surface area (Å²) in [4.78, 5) is 31.0. The summed E-state index contributed by atoms with van der Waals surface area (Å²) in [6, 6.07) is 13.6. The minimum Gasteiger partial charge on any atom is -0.0599 e. The first-order valence-corrected chi connectivity index (χ1v) is 21.1. The molecule has 3 aromatic heterocycles. The minimum atomic E-state index is -0.349. The number of aryl methyl sites for hydroxylation is 1. The molecule has 297 valence electrons. The summed E-state index contributed by atoms with van der Waals surface area (Å²) in [5.41, 5.74) is 2.53. The van der Waals surface area contributed by atoms with Crippen LogP contribution in [-0.2, 0) is 26.3 Å². The Hall–Kier alpha value is -3.84. The van der Waals surface area contributed by atoms with Gasteiger partial charge in [-0.2, -0.15) is 0 Å². The molecule has 4 aromatic rings. The predicted molar refractivity (Wildman–Crippen MR) is 218 cm³/mol. The first-order valence-electron chi connectivity index (χ1n) is 18.7. The molecule has 14 nitrogen and oxygen atoms in total. The summed E-state index contributed by atoms with van der Waals surface area (Å²) < 4.78 is 17.0. The number of nitrogens with zero attached hydrogens (tertiary/aromatic N) is 6. The van der Waals surface area contributed by atoms with Gasteiger partial charge in [-0.1, -0.05) is 12.1 Å². The molecule has 3 radical (unpaired) electrons. The third kappa shape index (κ3) is 10.6. The van der Waals surface area contributed by atoms with Crippen molar-refractivity contribution in [1.29, 1.82) is 5.41 Å². The van der Waals surface area contributed by atoms with E-state index in [1.165, 1.54) is 0 Å². The molecule has 3 atom stereocenters. The van der Waals surface area contributed by atoms with Crippen LogP contribution in [0.4, 0.5) is 17.5 Å². The number of hydrogen-bond acceptors (Lipinski definition) is 14. The molecule has 2 saturated heterocycles. The molecule has 4 N–H and O–H groups in total. The van der Waals surface area contributed by atoms with E-state index in [-0.39, 0.29) is 46.2 Å². The fourth-order valence-corrected chi connectivity index (χ4v) is 8.17. The smallest absolute Gasteiger partial charge is 0.0599 e. The summed E-state index contributed by atoms with van der Waals surface area (Å²) in [5.74, 6) is 2.27. The van der Waals surface area contributed by atoms with Gasteiger partial charge in [-0.05, 0) is 53.5 Å². The van der Waals surface area contributed by atoms with Crippen LogP contribution >= 0.6 is 11.6 Å². The van der Waals surface area contributed by atoms with Gasteiger partial charge in [0.2, 0.25) is 0 Å². The van der Waals surface area contributed by atoms with Crippen molar-refractivity contribution in [3.63, 3.8) is 0 Å². The van der Waals surface area contributed by atoms with E-state index >= 15 is 0 Å². The molecule has 2 fully saturated rings. The van der Waals surface area contributed by atoms with Crippen molar-refractivity contribution in [2.75, 3.05) is 43.5 Å². The number of ether oxygens (including phenoxy) is 2. The zero-order chi connectivity index (χ0) is 40.5. The average molecular weight is 981 g/mol. The Balaban J connectivity index is 0.000000784. The summed E-state index contributed by atoms with van der Waals surface area (Å²) in [7, 11) is 1.96. The number of carbonyl (C=O) groups excluding carboxylic acids is 1. The van der Waals surface area contributed by atoms with E-state index in [0.717, 1.165) is 52.5 Å². The Morgan fingerprint density at radius 2 is 2.00 bits per heavy atom. The van der Waals surface area contributed by atoms with Crippen LogP contribution in [0, 0.1) is 18.3 Å². The number of aromatic nitrogens is 4. The van der Waals surface area contributed by atoms with Gasteiger partial charge in [0.1, 0.15) is 11.4 Å². The van der Waals surface area contributed by atoms with Crippen molar-refractivity contribution >= 4 is 70.3 Å². The van der Waals surface area contributed by atoms with Gasteiger partial charge >= 0.3 is 225 Å². The Labute approximate surface area is 349 Å². The number of rotatable bonds is 12. The molecular formula is C40H51ClN9O5Pb. The zero-order valence-electron chi connectivity index (χ0n) is 32.9. The van der Waals surface area contributed by atoms with Gasteiger partial charge < -0.3 is 14.6 Å². The number of aliphatic imine (C=N–C) groups is 1. The van der Waals surface area contributed by atoms with Crippen LogP contribution < -0.4 is 15.5 Å². The van der Waals surface area contributed by atoms with Crippen molar-refractivity contribution in [2.24, 2.45) is 10.9 Å². The number of likely N-dealkylation sites (N-methyl/N-ethyl adjacent to an activating group) is 1. The maximum atomic E-state index is 10.7. The maximum absolute atomic E-state index is 10.7. The third-order valence-electron chi connectivity index (χ3n) is 9.81. The van der Waals surface area contributed by atoms with E-state index in [1.54, 1.807) is 12.3 Å². The number of nitrogens with one attached hydrogen (secondary N) is 3. The predicted octanol–water partition coefficient (Wildman–Crippen LogP) is 5.88. The molecule has 0 bridgehead atoms. The molecule has 0 aliphatic carbocycles. The van der Waals surface area contributed by atoms with Crippen molar-refractivity contribution in [3.8, 4) is 0 Å². The minimum absolute atomic E-state index is 0.0481. The second-order valence-electron chi connectivity index (χ2n) is 15.0. The van der Waals surface area contributed by atoms with Crippen LogP contribution in [0.15, 0.2) is 58.2 Å². The van der Waals surface area contributed by atoms with Gasteiger partial charge in [0.25, 0.3) is 6.47 Å². The van der Waals surface area contributed by atoms with Crippen molar-refractivity contribution < 1.29 is 23.9 Å². The van der Waals surface area contributed by atoms with Crippen molar-refractivity contribution in [2.45, 2.75) is 84.2 Å². The molecule has 16 heteroatoms. The summed E-state index contributed by atoms with van der Waals surface area (Å²) >= 11 is 7.59. The normalized spacial score (nSPS) is 20.2. The molecule has 0 saturated carbocycles. The Kier molecular flexibility index (Phi) is 15.1. The van der Waals surface area contributed by atoms with Crippen LogP contribution in [0.2, 0.25) is 5.02 Å². The first kappa shape index (κ1) is 43.3. The number of pyridine rings is 1. The standard InChI is InChI=1S/C35H41ClN9O3.C5H10O2.Pb/c1-22-19-45(15-13-35(22,21-38-3)27-17-23(2)48-44-27)34-26(20-46)41-31(33(43-34)42-28-11-7-8-16-47-28)30(37)25-12-14-39-32(29(25)36)40-18-24-9-5-4-6-10-24;1-5(2,3)7-4-6;/h4-6,9-10,12,14,17,22,28,37-38,46H,7-8,11,13,15-16,19-21H2,1-3H3,(H,42,43);4H,1-3H3;. The number of benzene rings is 1. The van der Waals surface area contributed by atoms with E-state index in [2.05, 4.69) is 37.3 Å². The molecular weight excluding hydrogens is 929 g/mol. The summed E-state index contributed by atoms with van der Waals surface area (Å²) in [6.07, 6.45) is 4.92. The van der Waals surface area contributed by atoms with E-state index in [9.17, 15) is 15.3 Å². The average Bonchev–Trinajstić information content (AvgIpc) is 3.63. The number of carbonyl (C=O) groups is 1. The molecule has 0 spiro atoms. The molecule has 2 aliphatic rings. The Morgan fingerprint density at radius 3 is 2.59 bits per heavy atom. The van der Waals surface area contributed by atoms with E-state index in [4.69, 9.17) is 35.8 Å².